The molecule has 0 unspecified atom stereocenters. The molecular weight excluding hydrogens is 400 g/mol. The lowest BCUT2D eigenvalue weighted by Crippen LogP contribution is -2.34. The molecule has 5 heteroatoms. The summed E-state index contributed by atoms with van der Waals surface area (Å²) in [5.41, 5.74) is 2.78. The van der Waals surface area contributed by atoms with Gasteiger partial charge in [0.2, 0.25) is 5.91 Å². The van der Waals surface area contributed by atoms with Crippen molar-refractivity contribution in [3.63, 3.8) is 0 Å². The summed E-state index contributed by atoms with van der Waals surface area (Å²) in [5.74, 6) is 0.707. The van der Waals surface area contributed by atoms with Crippen LogP contribution in [0.1, 0.15) is 24.0 Å². The van der Waals surface area contributed by atoms with Gasteiger partial charge in [0.05, 0.1) is 13.0 Å². The quantitative estimate of drug-likeness (QED) is 0.532. The van der Waals surface area contributed by atoms with Crippen molar-refractivity contribution in [2.45, 2.75) is 25.8 Å². The van der Waals surface area contributed by atoms with Crippen LogP contribution in [-0.4, -0.2) is 36.4 Å². The number of ether oxygens (including phenoxy) is 1. The Bertz CT molecular complexity index is 1010. The van der Waals surface area contributed by atoms with E-state index < -0.39 is 0 Å². The molecule has 32 heavy (non-hydrogen) atoms. The van der Waals surface area contributed by atoms with Gasteiger partial charge in [0.15, 0.2) is 6.61 Å². The number of hydrogen-bond acceptors (Lipinski definition) is 3. The summed E-state index contributed by atoms with van der Waals surface area (Å²) < 4.78 is 5.70. The van der Waals surface area contributed by atoms with Gasteiger partial charge in [-0.1, -0.05) is 60.7 Å². The Hall–Kier alpha value is -3.60. The smallest absolute Gasteiger partial charge is 0.265 e. The topological polar surface area (TPSA) is 49.9 Å². The molecule has 164 valence electrons. The van der Waals surface area contributed by atoms with Crippen molar-refractivity contribution >= 4 is 17.5 Å². The highest BCUT2D eigenvalue weighted by molar-refractivity contribution is 5.94. The van der Waals surface area contributed by atoms with Gasteiger partial charge in [0.1, 0.15) is 5.75 Å². The fourth-order valence-electron chi connectivity index (χ4n) is 3.88. The Kier molecular flexibility index (Phi) is 7.18. The number of nitrogens with zero attached hydrogens (tertiary/aromatic N) is 2. The van der Waals surface area contributed by atoms with Crippen molar-refractivity contribution in [3.05, 3.63) is 96.1 Å². The second-order valence-corrected chi connectivity index (χ2v) is 8.00. The van der Waals surface area contributed by atoms with Gasteiger partial charge in [-0.2, -0.15) is 0 Å². The van der Waals surface area contributed by atoms with E-state index in [1.807, 2.05) is 89.8 Å². The normalized spacial score (nSPS) is 13.1. The van der Waals surface area contributed by atoms with E-state index in [0.717, 1.165) is 42.7 Å². The molecule has 3 aromatic rings. The lowest BCUT2D eigenvalue weighted by Gasteiger charge is -2.23. The predicted molar refractivity (Wildman–Crippen MR) is 126 cm³/mol. The van der Waals surface area contributed by atoms with Gasteiger partial charge in [0.25, 0.3) is 5.91 Å². The number of hydrogen-bond donors (Lipinski definition) is 0. The van der Waals surface area contributed by atoms with Gasteiger partial charge in [-0.05, 0) is 48.2 Å². The molecule has 0 bridgehead atoms. The standard InChI is InChI=1S/C27H28N2O3/c30-26(28-17-7-8-18-28)19-22-13-15-24(16-14-22)29(20-23-9-3-1-4-10-23)27(31)21-32-25-11-5-2-6-12-25/h1-6,9-16H,7-8,17-21H2. The van der Waals surface area contributed by atoms with Crippen LogP contribution >= 0.6 is 0 Å². The molecule has 4 rings (SSSR count). The van der Waals surface area contributed by atoms with Crippen molar-refractivity contribution in [3.8, 4) is 5.75 Å². The van der Waals surface area contributed by atoms with Crippen LogP contribution in [0.3, 0.4) is 0 Å². The number of anilines is 1. The highest BCUT2D eigenvalue weighted by Gasteiger charge is 2.20. The van der Waals surface area contributed by atoms with Crippen LogP contribution in [0.15, 0.2) is 84.9 Å². The van der Waals surface area contributed by atoms with Crippen LogP contribution in [0, 0.1) is 0 Å². The highest BCUT2D eigenvalue weighted by atomic mass is 16.5. The summed E-state index contributed by atoms with van der Waals surface area (Å²) in [4.78, 5) is 29.2. The molecule has 0 atom stereocenters. The second kappa shape index (κ2) is 10.6. The van der Waals surface area contributed by atoms with Crippen LogP contribution in [-0.2, 0) is 22.6 Å². The number of amides is 2. The monoisotopic (exact) mass is 428 g/mol. The van der Waals surface area contributed by atoms with Gasteiger partial charge in [-0.3, -0.25) is 9.59 Å². The fourth-order valence-corrected chi connectivity index (χ4v) is 3.88. The zero-order valence-corrected chi connectivity index (χ0v) is 18.2. The van der Waals surface area contributed by atoms with Gasteiger partial charge >= 0.3 is 0 Å². The largest absolute Gasteiger partial charge is 0.484 e. The Morgan fingerprint density at radius 2 is 1.41 bits per heavy atom. The van der Waals surface area contributed by atoms with E-state index in [-0.39, 0.29) is 18.4 Å². The molecule has 5 nitrogen and oxygen atoms in total. The zero-order valence-electron chi connectivity index (χ0n) is 18.2. The summed E-state index contributed by atoms with van der Waals surface area (Å²) in [6.45, 7) is 2.12. The van der Waals surface area contributed by atoms with Crippen LogP contribution in [0.25, 0.3) is 0 Å². The molecule has 0 aliphatic carbocycles. The summed E-state index contributed by atoms with van der Waals surface area (Å²) in [6.07, 6.45) is 2.57. The van der Waals surface area contributed by atoms with E-state index in [4.69, 9.17) is 4.74 Å². The van der Waals surface area contributed by atoms with Gasteiger partial charge in [0, 0.05) is 18.8 Å². The molecule has 1 fully saturated rings. The maximum absolute atomic E-state index is 13.1. The average molecular weight is 429 g/mol. The third kappa shape index (κ3) is 5.76. The third-order valence-corrected chi connectivity index (χ3v) is 5.65. The molecule has 1 aliphatic heterocycles. The van der Waals surface area contributed by atoms with E-state index in [9.17, 15) is 9.59 Å². The Labute approximate surface area is 189 Å². The highest BCUT2D eigenvalue weighted by Crippen LogP contribution is 2.20. The van der Waals surface area contributed by atoms with Gasteiger partial charge in [-0.25, -0.2) is 0 Å². The molecular formula is C27H28N2O3. The molecule has 0 N–H and O–H groups in total. The van der Waals surface area contributed by atoms with E-state index in [1.54, 1.807) is 4.90 Å². The van der Waals surface area contributed by atoms with Crippen molar-refractivity contribution in [2.24, 2.45) is 0 Å². The molecule has 0 spiro atoms. The minimum absolute atomic E-state index is 0.0496. The zero-order chi connectivity index (χ0) is 22.2. The summed E-state index contributed by atoms with van der Waals surface area (Å²) in [5, 5.41) is 0. The molecule has 2 amide bonds. The predicted octanol–water partition coefficient (Wildman–Crippen LogP) is 4.46. The van der Waals surface area contributed by atoms with E-state index >= 15 is 0 Å². The number of likely N-dealkylation sites (tertiary alicyclic amines) is 1. The first kappa shape index (κ1) is 21.6. The van der Waals surface area contributed by atoms with Crippen LogP contribution in [0.4, 0.5) is 5.69 Å². The lowest BCUT2D eigenvalue weighted by molar-refractivity contribution is -0.129. The third-order valence-electron chi connectivity index (χ3n) is 5.65. The molecule has 0 aromatic heterocycles. The first-order valence-corrected chi connectivity index (χ1v) is 11.1. The van der Waals surface area contributed by atoms with E-state index in [1.165, 1.54) is 0 Å². The fraction of sp³-hybridized carbons (Fsp3) is 0.259. The van der Waals surface area contributed by atoms with Gasteiger partial charge in [-0.15, -0.1) is 0 Å². The molecule has 0 radical (unpaired) electrons. The lowest BCUT2D eigenvalue weighted by atomic mass is 10.1. The van der Waals surface area contributed by atoms with E-state index in [0.29, 0.717) is 18.7 Å². The molecule has 3 aromatic carbocycles. The summed E-state index contributed by atoms with van der Waals surface area (Å²) in [6, 6.07) is 26.9. The Morgan fingerprint density at radius 1 is 0.781 bits per heavy atom. The van der Waals surface area contributed by atoms with Crippen LogP contribution < -0.4 is 9.64 Å². The minimum atomic E-state index is -0.126. The first-order chi connectivity index (χ1) is 15.7. The van der Waals surface area contributed by atoms with Crippen LogP contribution in [0.5, 0.6) is 5.75 Å². The number of rotatable bonds is 8. The molecule has 1 heterocycles. The maximum atomic E-state index is 13.1. The number of para-hydroxylation sites is 1. The number of benzene rings is 3. The summed E-state index contributed by atoms with van der Waals surface area (Å²) in [7, 11) is 0. The minimum Gasteiger partial charge on any atom is -0.484 e. The SMILES string of the molecule is O=C(Cc1ccc(N(Cc2ccccc2)C(=O)COc2ccccc2)cc1)N1CCCC1. The molecule has 1 saturated heterocycles. The first-order valence-electron chi connectivity index (χ1n) is 11.1. The maximum Gasteiger partial charge on any atom is 0.265 e. The van der Waals surface area contributed by atoms with Crippen molar-refractivity contribution in [2.75, 3.05) is 24.6 Å². The second-order valence-electron chi connectivity index (χ2n) is 8.00. The molecule has 0 saturated carbocycles. The van der Waals surface area contributed by atoms with E-state index in [2.05, 4.69) is 0 Å². The average Bonchev–Trinajstić information content (AvgIpc) is 3.38. The number of carbonyl (C=O) groups is 2. The van der Waals surface area contributed by atoms with Gasteiger partial charge < -0.3 is 14.5 Å². The van der Waals surface area contributed by atoms with Crippen molar-refractivity contribution in [1.82, 2.24) is 4.90 Å². The summed E-state index contributed by atoms with van der Waals surface area (Å²) >= 11 is 0. The van der Waals surface area contributed by atoms with Crippen LogP contribution in [0.2, 0.25) is 0 Å². The Balaban J connectivity index is 1.47. The van der Waals surface area contributed by atoms with Crippen molar-refractivity contribution in [1.29, 1.82) is 0 Å². The Morgan fingerprint density at radius 3 is 2.06 bits per heavy atom. The number of carbonyl (C=O) groups excluding carboxylic acids is 2. The molecule has 1 aliphatic rings. The van der Waals surface area contributed by atoms with Crippen molar-refractivity contribution < 1.29 is 14.3 Å².